The van der Waals surface area contributed by atoms with E-state index in [-0.39, 0.29) is 25.1 Å². The van der Waals surface area contributed by atoms with Crippen molar-refractivity contribution in [2.24, 2.45) is 0 Å². The van der Waals surface area contributed by atoms with E-state index in [4.69, 9.17) is 4.74 Å². The Kier molecular flexibility index (Phi) is 2.64. The summed E-state index contributed by atoms with van der Waals surface area (Å²) in [7, 11) is 0. The number of rotatable bonds is 3. The van der Waals surface area contributed by atoms with Crippen molar-refractivity contribution in [1.29, 1.82) is 0 Å². The second-order valence-electron chi connectivity index (χ2n) is 3.41. The third kappa shape index (κ3) is 1.85. The Balaban J connectivity index is 1.69. The van der Waals surface area contributed by atoms with Gasteiger partial charge in [-0.2, -0.15) is 8.78 Å². The molecule has 2 fully saturated rings. The summed E-state index contributed by atoms with van der Waals surface area (Å²) >= 11 is 0. The maximum atomic E-state index is 11.7. The first-order chi connectivity index (χ1) is 6.66. The summed E-state index contributed by atoms with van der Waals surface area (Å²) in [5, 5.41) is 0. The Labute approximate surface area is 79.8 Å². The van der Waals surface area contributed by atoms with Crippen molar-refractivity contribution in [2.45, 2.75) is 25.2 Å². The molecule has 80 valence electrons. The minimum atomic E-state index is -2.75. The average Bonchev–Trinajstić information content (AvgIpc) is 1.91. The highest BCUT2D eigenvalue weighted by atomic mass is 19.3. The van der Waals surface area contributed by atoms with Crippen molar-refractivity contribution in [1.82, 2.24) is 4.90 Å². The molecule has 0 aromatic rings. The van der Waals surface area contributed by atoms with E-state index < -0.39 is 12.7 Å². The molecule has 1 amide bonds. The van der Waals surface area contributed by atoms with Gasteiger partial charge in [0.2, 0.25) is 0 Å². The second-order valence-corrected chi connectivity index (χ2v) is 3.41. The zero-order chi connectivity index (χ0) is 10.1. The summed E-state index contributed by atoms with van der Waals surface area (Å²) in [6, 6.07) is 0. The number of carbonyl (C=O) groups excluding carboxylic acids is 1. The van der Waals surface area contributed by atoms with Crippen molar-refractivity contribution in [3.05, 3.63) is 0 Å². The fourth-order valence-corrected chi connectivity index (χ4v) is 1.48. The lowest BCUT2D eigenvalue weighted by Crippen LogP contribution is -2.59. The number of likely N-dealkylation sites (tertiary alicyclic amines) is 1. The number of nitrogens with zero attached hydrogens (tertiary/aromatic N) is 1. The minimum Gasteiger partial charge on any atom is -0.368 e. The molecule has 0 bridgehead atoms. The van der Waals surface area contributed by atoms with Gasteiger partial charge in [-0.05, 0) is 0 Å². The topological polar surface area (TPSA) is 38.8 Å². The van der Waals surface area contributed by atoms with Gasteiger partial charge in [-0.15, -0.1) is 0 Å². The van der Waals surface area contributed by atoms with E-state index in [2.05, 4.69) is 4.74 Å². The number of hydrogen-bond acceptors (Lipinski definition) is 3. The van der Waals surface area contributed by atoms with Crippen molar-refractivity contribution < 1.29 is 23.0 Å². The van der Waals surface area contributed by atoms with Gasteiger partial charge in [-0.25, -0.2) is 0 Å². The summed E-state index contributed by atoms with van der Waals surface area (Å²) in [5.41, 5.74) is 0. The van der Waals surface area contributed by atoms with Gasteiger partial charge in [0.25, 0.3) is 5.91 Å². The Bertz CT molecular complexity index is 227. The van der Waals surface area contributed by atoms with Crippen LogP contribution in [-0.4, -0.2) is 49.3 Å². The molecule has 2 saturated heterocycles. The standard InChI is InChI=1S/C8H11F2NO3/c9-8(10)14-5-3-11(4-5)7(12)6-1-2-13-6/h5-6,8H,1-4H2. The minimum absolute atomic E-state index is 0.106. The molecule has 0 saturated carbocycles. The second kappa shape index (κ2) is 3.78. The number of amides is 1. The number of alkyl halides is 2. The molecule has 1 unspecified atom stereocenters. The molecule has 0 radical (unpaired) electrons. The fraction of sp³-hybridized carbons (Fsp3) is 0.875. The summed E-state index contributed by atoms with van der Waals surface area (Å²) in [6.07, 6.45) is -0.128. The van der Waals surface area contributed by atoms with Gasteiger partial charge in [0, 0.05) is 19.5 Å². The van der Waals surface area contributed by atoms with Gasteiger partial charge in [0.1, 0.15) is 6.10 Å². The Morgan fingerprint density at radius 1 is 1.50 bits per heavy atom. The largest absolute Gasteiger partial charge is 0.368 e. The first-order valence-electron chi connectivity index (χ1n) is 4.51. The lowest BCUT2D eigenvalue weighted by Gasteiger charge is -2.41. The third-order valence-corrected chi connectivity index (χ3v) is 2.43. The molecular formula is C8H11F2NO3. The van der Waals surface area contributed by atoms with Gasteiger partial charge in [0.15, 0.2) is 0 Å². The smallest absolute Gasteiger partial charge is 0.345 e. The molecule has 4 nitrogen and oxygen atoms in total. The normalized spacial score (nSPS) is 27.4. The van der Waals surface area contributed by atoms with Crippen LogP contribution in [0.25, 0.3) is 0 Å². The molecule has 6 heteroatoms. The van der Waals surface area contributed by atoms with Gasteiger partial charge in [-0.1, -0.05) is 0 Å². The molecule has 2 aliphatic rings. The van der Waals surface area contributed by atoms with Crippen LogP contribution < -0.4 is 0 Å². The zero-order valence-corrected chi connectivity index (χ0v) is 7.49. The van der Waals surface area contributed by atoms with Crippen molar-refractivity contribution in [3.8, 4) is 0 Å². The van der Waals surface area contributed by atoms with Crippen LogP contribution in [-0.2, 0) is 14.3 Å². The van der Waals surface area contributed by atoms with Crippen LogP contribution in [0.15, 0.2) is 0 Å². The molecule has 2 aliphatic heterocycles. The zero-order valence-electron chi connectivity index (χ0n) is 7.49. The van der Waals surface area contributed by atoms with Crippen LogP contribution >= 0.6 is 0 Å². The molecule has 0 N–H and O–H groups in total. The Hall–Kier alpha value is -0.750. The van der Waals surface area contributed by atoms with E-state index in [0.29, 0.717) is 6.61 Å². The molecule has 0 aliphatic carbocycles. The first kappa shape index (κ1) is 9.79. The highest BCUT2D eigenvalue weighted by molar-refractivity contribution is 5.82. The van der Waals surface area contributed by atoms with Crippen molar-refractivity contribution in [2.75, 3.05) is 19.7 Å². The van der Waals surface area contributed by atoms with E-state index in [9.17, 15) is 13.6 Å². The van der Waals surface area contributed by atoms with E-state index in [1.165, 1.54) is 4.90 Å². The van der Waals surface area contributed by atoms with E-state index in [1.54, 1.807) is 0 Å². The quantitative estimate of drug-likeness (QED) is 0.664. The predicted molar refractivity (Wildman–Crippen MR) is 41.8 cm³/mol. The SMILES string of the molecule is O=C(C1CCO1)N1CC(OC(F)F)C1. The summed E-state index contributed by atoms with van der Waals surface area (Å²) in [5.74, 6) is -0.106. The summed E-state index contributed by atoms with van der Waals surface area (Å²) < 4.78 is 32.7. The Morgan fingerprint density at radius 3 is 2.57 bits per heavy atom. The van der Waals surface area contributed by atoms with Gasteiger partial charge >= 0.3 is 6.61 Å². The highest BCUT2D eigenvalue weighted by Crippen LogP contribution is 2.20. The molecule has 2 heterocycles. The number of ether oxygens (including phenoxy) is 2. The number of hydrogen-bond donors (Lipinski definition) is 0. The molecule has 1 atom stereocenters. The maximum Gasteiger partial charge on any atom is 0.345 e. The van der Waals surface area contributed by atoms with Crippen LogP contribution in [0, 0.1) is 0 Å². The van der Waals surface area contributed by atoms with Crippen LogP contribution in [0.1, 0.15) is 6.42 Å². The van der Waals surface area contributed by atoms with Crippen molar-refractivity contribution >= 4 is 5.91 Å². The predicted octanol–water partition coefficient (Wildman–Crippen LogP) is 0.225. The Morgan fingerprint density at radius 2 is 2.14 bits per heavy atom. The van der Waals surface area contributed by atoms with Gasteiger partial charge in [0.05, 0.1) is 12.7 Å². The van der Waals surface area contributed by atoms with Crippen LogP contribution in [0.3, 0.4) is 0 Å². The fourth-order valence-electron chi connectivity index (χ4n) is 1.48. The van der Waals surface area contributed by atoms with E-state index in [0.717, 1.165) is 6.42 Å². The monoisotopic (exact) mass is 207 g/mol. The molecule has 0 aromatic heterocycles. The van der Waals surface area contributed by atoms with Gasteiger partial charge in [-0.3, -0.25) is 4.79 Å². The van der Waals surface area contributed by atoms with Crippen LogP contribution in [0.5, 0.6) is 0 Å². The van der Waals surface area contributed by atoms with Crippen LogP contribution in [0.4, 0.5) is 8.78 Å². The van der Waals surface area contributed by atoms with Crippen molar-refractivity contribution in [3.63, 3.8) is 0 Å². The molecule has 0 aromatic carbocycles. The number of halogens is 2. The average molecular weight is 207 g/mol. The van der Waals surface area contributed by atoms with E-state index >= 15 is 0 Å². The maximum absolute atomic E-state index is 11.7. The summed E-state index contributed by atoms with van der Waals surface area (Å²) in [4.78, 5) is 12.9. The molecule has 14 heavy (non-hydrogen) atoms. The third-order valence-electron chi connectivity index (χ3n) is 2.43. The number of carbonyl (C=O) groups is 1. The van der Waals surface area contributed by atoms with Gasteiger partial charge < -0.3 is 14.4 Å². The highest BCUT2D eigenvalue weighted by Gasteiger charge is 2.38. The molecule has 0 spiro atoms. The molecule has 2 rings (SSSR count). The first-order valence-corrected chi connectivity index (χ1v) is 4.51. The lowest BCUT2D eigenvalue weighted by atomic mass is 10.1. The summed E-state index contributed by atoms with van der Waals surface area (Å²) in [6.45, 7) is -1.63. The van der Waals surface area contributed by atoms with E-state index in [1.807, 2.05) is 0 Å². The lowest BCUT2D eigenvalue weighted by molar-refractivity contribution is -0.205. The molecular weight excluding hydrogens is 196 g/mol. The van der Waals surface area contributed by atoms with Crippen LogP contribution in [0.2, 0.25) is 0 Å².